The second-order valence-corrected chi connectivity index (χ2v) is 4.90. The predicted molar refractivity (Wildman–Crippen MR) is 76.3 cm³/mol. The van der Waals surface area contributed by atoms with Crippen molar-refractivity contribution in [2.45, 2.75) is 19.8 Å². The molecule has 2 aromatic rings. The summed E-state index contributed by atoms with van der Waals surface area (Å²) in [7, 11) is 0. The first-order valence-electron chi connectivity index (χ1n) is 5.80. The van der Waals surface area contributed by atoms with Gasteiger partial charge >= 0.3 is 0 Å². The molecular weight excluding hydrogens is 292 g/mol. The molecule has 0 atom stereocenters. The van der Waals surface area contributed by atoms with Gasteiger partial charge in [-0.15, -0.1) is 0 Å². The molecule has 1 aromatic heterocycles. The van der Waals surface area contributed by atoms with Crippen LogP contribution in [0.3, 0.4) is 0 Å². The Kier molecular flexibility index (Phi) is 3.81. The van der Waals surface area contributed by atoms with Gasteiger partial charge in [0.15, 0.2) is 0 Å². The van der Waals surface area contributed by atoms with Gasteiger partial charge in [0.05, 0.1) is 0 Å². The van der Waals surface area contributed by atoms with E-state index >= 15 is 0 Å². The summed E-state index contributed by atoms with van der Waals surface area (Å²) in [5.74, 6) is 1.10. The first-order valence-corrected chi connectivity index (χ1v) is 6.59. The van der Waals surface area contributed by atoms with Crippen molar-refractivity contribution < 1.29 is 0 Å². The van der Waals surface area contributed by atoms with Crippen LogP contribution in [0.15, 0.2) is 35.1 Å². The number of rotatable bonds is 4. The second kappa shape index (κ2) is 5.35. The molecule has 0 saturated carbocycles. The van der Waals surface area contributed by atoms with Crippen molar-refractivity contribution >= 4 is 21.8 Å². The normalized spacial score (nSPS) is 10.6. The summed E-state index contributed by atoms with van der Waals surface area (Å²) in [5.41, 5.74) is 7.22. The molecule has 1 aromatic carbocycles. The highest BCUT2D eigenvalue weighted by Gasteiger charge is 2.08. The highest BCUT2D eigenvalue weighted by Crippen LogP contribution is 2.21. The van der Waals surface area contributed by atoms with Crippen LogP contribution in [0.1, 0.15) is 24.7 Å². The van der Waals surface area contributed by atoms with Gasteiger partial charge in [-0.2, -0.15) is 0 Å². The number of amidine groups is 1. The molecule has 18 heavy (non-hydrogen) atoms. The fourth-order valence-corrected chi connectivity index (χ4v) is 2.43. The van der Waals surface area contributed by atoms with Gasteiger partial charge in [0, 0.05) is 34.5 Å². The summed E-state index contributed by atoms with van der Waals surface area (Å²) in [6.07, 6.45) is 5.75. The smallest absolute Gasteiger partial charge is 0.123 e. The number of nitrogens with zero attached hydrogens (tertiary/aromatic N) is 2. The number of nitrogen functional groups attached to an aromatic ring is 1. The van der Waals surface area contributed by atoms with E-state index in [1.165, 1.54) is 0 Å². The second-order valence-electron chi connectivity index (χ2n) is 4.04. The van der Waals surface area contributed by atoms with Crippen LogP contribution in [-0.2, 0) is 6.42 Å². The zero-order valence-corrected chi connectivity index (χ0v) is 11.7. The number of nitrogens with one attached hydrogen (secondary N) is 1. The number of aromatic nitrogens is 2. The van der Waals surface area contributed by atoms with Crippen molar-refractivity contribution in [2.75, 3.05) is 0 Å². The zero-order chi connectivity index (χ0) is 13.1. The summed E-state index contributed by atoms with van der Waals surface area (Å²) in [6.45, 7) is 2.13. The number of halogens is 1. The Balaban J connectivity index is 2.42. The van der Waals surface area contributed by atoms with Gasteiger partial charge in [-0.1, -0.05) is 6.92 Å². The topological polar surface area (TPSA) is 67.7 Å². The first-order chi connectivity index (χ1) is 8.63. The van der Waals surface area contributed by atoms with Gasteiger partial charge in [-0.05, 0) is 40.5 Å². The van der Waals surface area contributed by atoms with Gasteiger partial charge in [0.25, 0.3) is 0 Å². The molecule has 0 saturated heterocycles. The van der Waals surface area contributed by atoms with Crippen LogP contribution in [0.5, 0.6) is 0 Å². The van der Waals surface area contributed by atoms with Crippen molar-refractivity contribution in [3.8, 4) is 5.69 Å². The molecule has 0 fully saturated rings. The van der Waals surface area contributed by atoms with Gasteiger partial charge in [-0.25, -0.2) is 4.98 Å². The minimum absolute atomic E-state index is 0.0628. The number of hydrogen-bond donors (Lipinski definition) is 2. The largest absolute Gasteiger partial charge is 0.384 e. The van der Waals surface area contributed by atoms with E-state index in [1.54, 1.807) is 6.20 Å². The Bertz CT molecular complexity index is 574. The summed E-state index contributed by atoms with van der Waals surface area (Å²) in [5, 5.41) is 7.46. The molecule has 0 aliphatic heterocycles. The fourth-order valence-electron chi connectivity index (χ4n) is 1.85. The molecule has 5 heteroatoms. The average molecular weight is 307 g/mol. The lowest BCUT2D eigenvalue weighted by Crippen LogP contribution is -2.12. The number of benzene rings is 1. The number of imidazole rings is 1. The Labute approximate surface area is 114 Å². The van der Waals surface area contributed by atoms with Crippen molar-refractivity contribution in [1.29, 1.82) is 5.41 Å². The third kappa shape index (κ3) is 2.46. The molecule has 0 unspecified atom stereocenters. The SMILES string of the molecule is CCCc1nccn1-c1ccc(C(=N)N)c(Br)c1. The average Bonchev–Trinajstić information content (AvgIpc) is 2.77. The molecule has 3 N–H and O–H groups in total. The molecule has 0 bridgehead atoms. The Morgan fingerprint density at radius 1 is 1.50 bits per heavy atom. The van der Waals surface area contributed by atoms with Crippen LogP contribution in [0.4, 0.5) is 0 Å². The molecule has 0 spiro atoms. The van der Waals surface area contributed by atoms with E-state index < -0.39 is 0 Å². The predicted octanol–water partition coefficient (Wildman–Crippen LogP) is 2.87. The molecule has 0 aliphatic rings. The lowest BCUT2D eigenvalue weighted by molar-refractivity contribution is 0.809. The molecule has 1 heterocycles. The van der Waals surface area contributed by atoms with Crippen LogP contribution in [0.2, 0.25) is 0 Å². The van der Waals surface area contributed by atoms with E-state index in [-0.39, 0.29) is 5.84 Å². The van der Waals surface area contributed by atoms with E-state index in [0.717, 1.165) is 28.8 Å². The van der Waals surface area contributed by atoms with Crippen molar-refractivity contribution in [2.24, 2.45) is 5.73 Å². The summed E-state index contributed by atoms with van der Waals surface area (Å²) in [4.78, 5) is 4.35. The quantitative estimate of drug-likeness (QED) is 0.673. The van der Waals surface area contributed by atoms with Gasteiger partial charge < -0.3 is 10.3 Å². The molecule has 94 valence electrons. The van der Waals surface area contributed by atoms with Crippen molar-refractivity contribution in [3.63, 3.8) is 0 Å². The van der Waals surface area contributed by atoms with Crippen LogP contribution >= 0.6 is 15.9 Å². The van der Waals surface area contributed by atoms with Crippen LogP contribution in [0, 0.1) is 5.41 Å². The molecule has 2 rings (SSSR count). The number of aryl methyl sites for hydroxylation is 1. The number of nitrogens with two attached hydrogens (primary N) is 1. The van der Waals surface area contributed by atoms with Gasteiger partial charge in [0.2, 0.25) is 0 Å². The van der Waals surface area contributed by atoms with Gasteiger partial charge in [0.1, 0.15) is 11.7 Å². The van der Waals surface area contributed by atoms with E-state index in [1.807, 2.05) is 24.4 Å². The molecule has 4 nitrogen and oxygen atoms in total. The Morgan fingerprint density at radius 2 is 2.28 bits per heavy atom. The minimum atomic E-state index is 0.0628. The minimum Gasteiger partial charge on any atom is -0.384 e. The van der Waals surface area contributed by atoms with Crippen LogP contribution < -0.4 is 5.73 Å². The molecule has 0 aliphatic carbocycles. The maximum atomic E-state index is 7.46. The third-order valence-corrected chi connectivity index (χ3v) is 3.37. The monoisotopic (exact) mass is 306 g/mol. The Hall–Kier alpha value is -1.62. The highest BCUT2D eigenvalue weighted by molar-refractivity contribution is 9.10. The Morgan fingerprint density at radius 3 is 2.89 bits per heavy atom. The molecule has 0 radical (unpaired) electrons. The maximum absolute atomic E-state index is 7.46. The van der Waals surface area contributed by atoms with Crippen LogP contribution in [-0.4, -0.2) is 15.4 Å². The first kappa shape index (κ1) is 12.8. The zero-order valence-electron chi connectivity index (χ0n) is 10.2. The standard InChI is InChI=1S/C13H15BrN4/c1-2-3-12-17-6-7-18(12)9-4-5-10(13(15)16)11(14)8-9/h4-8H,2-3H2,1H3,(H3,15,16). The van der Waals surface area contributed by atoms with Crippen molar-refractivity contribution in [1.82, 2.24) is 9.55 Å². The van der Waals surface area contributed by atoms with E-state index in [0.29, 0.717) is 5.56 Å². The lowest BCUT2D eigenvalue weighted by Gasteiger charge is -2.09. The third-order valence-electron chi connectivity index (χ3n) is 2.71. The molecular formula is C13H15BrN4. The molecule has 0 amide bonds. The van der Waals surface area contributed by atoms with Crippen LogP contribution in [0.25, 0.3) is 5.69 Å². The van der Waals surface area contributed by atoms with E-state index in [9.17, 15) is 0 Å². The van der Waals surface area contributed by atoms with Gasteiger partial charge in [-0.3, -0.25) is 5.41 Å². The summed E-state index contributed by atoms with van der Waals surface area (Å²) >= 11 is 3.44. The summed E-state index contributed by atoms with van der Waals surface area (Å²) < 4.78 is 2.88. The van der Waals surface area contributed by atoms with E-state index in [4.69, 9.17) is 11.1 Å². The summed E-state index contributed by atoms with van der Waals surface area (Å²) in [6, 6.07) is 5.75. The maximum Gasteiger partial charge on any atom is 0.123 e. The lowest BCUT2D eigenvalue weighted by atomic mass is 10.2. The highest BCUT2D eigenvalue weighted by atomic mass is 79.9. The van der Waals surface area contributed by atoms with Crippen molar-refractivity contribution in [3.05, 3.63) is 46.5 Å². The fraction of sp³-hybridized carbons (Fsp3) is 0.231. The number of hydrogen-bond acceptors (Lipinski definition) is 2. The van der Waals surface area contributed by atoms with E-state index in [2.05, 4.69) is 32.4 Å².